The van der Waals surface area contributed by atoms with Gasteiger partial charge < -0.3 is 0 Å². The predicted molar refractivity (Wildman–Crippen MR) is 48.4 cm³/mol. The molecule has 1 aliphatic rings. The van der Waals surface area contributed by atoms with Crippen molar-refractivity contribution in [3.8, 4) is 0 Å². The third-order valence-corrected chi connectivity index (χ3v) is 2.15. The van der Waals surface area contributed by atoms with Crippen LogP contribution in [-0.4, -0.2) is 24.0 Å². The molecule has 1 aliphatic heterocycles. The highest BCUT2D eigenvalue weighted by molar-refractivity contribution is 5.77. The SMILES string of the molecule is CC(C)C(=O)NN1CCCCC1. The molecule has 0 spiro atoms. The molecule has 1 N–H and O–H groups in total. The Morgan fingerprint density at radius 2 is 1.83 bits per heavy atom. The van der Waals surface area contributed by atoms with Crippen LogP contribution in [0.2, 0.25) is 0 Å². The number of hydrazine groups is 1. The number of amides is 1. The number of nitrogens with one attached hydrogen (secondary N) is 1. The topological polar surface area (TPSA) is 32.3 Å². The van der Waals surface area contributed by atoms with Gasteiger partial charge in [0.1, 0.15) is 0 Å². The first kappa shape index (κ1) is 9.52. The molecule has 0 saturated carbocycles. The number of carbonyl (C=O) groups excluding carboxylic acids is 1. The molecule has 70 valence electrons. The lowest BCUT2D eigenvalue weighted by molar-refractivity contribution is -0.129. The zero-order valence-electron chi connectivity index (χ0n) is 7.97. The lowest BCUT2D eigenvalue weighted by atomic mass is 10.1. The minimum absolute atomic E-state index is 0.0897. The third kappa shape index (κ3) is 2.81. The van der Waals surface area contributed by atoms with Crippen molar-refractivity contribution in [2.45, 2.75) is 33.1 Å². The smallest absolute Gasteiger partial charge is 0.236 e. The molecular weight excluding hydrogens is 152 g/mol. The lowest BCUT2D eigenvalue weighted by Crippen LogP contribution is -2.46. The maximum Gasteiger partial charge on any atom is 0.236 e. The van der Waals surface area contributed by atoms with Crippen molar-refractivity contribution < 1.29 is 4.79 Å². The second-order valence-corrected chi connectivity index (χ2v) is 3.68. The Morgan fingerprint density at radius 1 is 1.25 bits per heavy atom. The van der Waals surface area contributed by atoms with Crippen LogP contribution in [0, 0.1) is 5.92 Å². The van der Waals surface area contributed by atoms with Crippen LogP contribution in [0.3, 0.4) is 0 Å². The van der Waals surface area contributed by atoms with Gasteiger partial charge in [-0.1, -0.05) is 20.3 Å². The van der Waals surface area contributed by atoms with E-state index in [0.717, 1.165) is 13.1 Å². The van der Waals surface area contributed by atoms with Crippen LogP contribution in [-0.2, 0) is 4.79 Å². The number of hydrogen-bond acceptors (Lipinski definition) is 2. The average Bonchev–Trinajstić information content (AvgIpc) is 2.06. The zero-order chi connectivity index (χ0) is 8.97. The summed E-state index contributed by atoms with van der Waals surface area (Å²) in [6.45, 7) is 5.86. The first-order valence-electron chi connectivity index (χ1n) is 4.75. The van der Waals surface area contributed by atoms with Crippen LogP contribution < -0.4 is 5.43 Å². The van der Waals surface area contributed by atoms with Crippen LogP contribution in [0.25, 0.3) is 0 Å². The molecule has 0 aromatic carbocycles. The Hall–Kier alpha value is -0.570. The molecule has 0 bridgehead atoms. The highest BCUT2D eigenvalue weighted by Gasteiger charge is 2.14. The van der Waals surface area contributed by atoms with Gasteiger partial charge in [0.2, 0.25) is 5.91 Å². The zero-order valence-corrected chi connectivity index (χ0v) is 7.97. The first-order valence-corrected chi connectivity index (χ1v) is 4.75. The molecule has 0 aromatic rings. The molecule has 1 heterocycles. The van der Waals surface area contributed by atoms with Gasteiger partial charge in [-0.3, -0.25) is 10.2 Å². The van der Waals surface area contributed by atoms with Gasteiger partial charge in [-0.15, -0.1) is 0 Å². The van der Waals surface area contributed by atoms with Crippen molar-refractivity contribution in [2.75, 3.05) is 13.1 Å². The van der Waals surface area contributed by atoms with Gasteiger partial charge in [-0.05, 0) is 12.8 Å². The standard InChI is InChI=1S/C9H18N2O/c1-8(2)9(12)10-11-6-4-3-5-7-11/h8H,3-7H2,1-2H3,(H,10,12). The Kier molecular flexibility index (Phi) is 3.53. The van der Waals surface area contributed by atoms with Gasteiger partial charge in [0.05, 0.1) is 0 Å². The molecule has 0 radical (unpaired) electrons. The molecule has 0 aromatic heterocycles. The van der Waals surface area contributed by atoms with Gasteiger partial charge in [-0.25, -0.2) is 5.01 Å². The maximum atomic E-state index is 11.3. The van der Waals surface area contributed by atoms with Crippen molar-refractivity contribution in [3.05, 3.63) is 0 Å². The van der Waals surface area contributed by atoms with Crippen molar-refractivity contribution in [3.63, 3.8) is 0 Å². The summed E-state index contributed by atoms with van der Waals surface area (Å²) in [6.07, 6.45) is 3.71. The van der Waals surface area contributed by atoms with Gasteiger partial charge in [0, 0.05) is 19.0 Å². The monoisotopic (exact) mass is 170 g/mol. The quantitative estimate of drug-likeness (QED) is 0.674. The highest BCUT2D eigenvalue weighted by atomic mass is 16.2. The van der Waals surface area contributed by atoms with E-state index >= 15 is 0 Å². The number of carbonyl (C=O) groups is 1. The highest BCUT2D eigenvalue weighted by Crippen LogP contribution is 2.06. The van der Waals surface area contributed by atoms with Crippen molar-refractivity contribution in [1.29, 1.82) is 0 Å². The second kappa shape index (κ2) is 4.45. The van der Waals surface area contributed by atoms with Gasteiger partial charge >= 0.3 is 0 Å². The summed E-state index contributed by atoms with van der Waals surface area (Å²) in [5.74, 6) is 0.226. The van der Waals surface area contributed by atoms with E-state index in [-0.39, 0.29) is 11.8 Å². The Labute approximate surface area is 74.1 Å². The minimum Gasteiger partial charge on any atom is -0.289 e. The van der Waals surface area contributed by atoms with E-state index in [2.05, 4.69) is 5.43 Å². The summed E-state index contributed by atoms with van der Waals surface area (Å²) in [5, 5.41) is 2.03. The van der Waals surface area contributed by atoms with Crippen molar-refractivity contribution in [1.82, 2.24) is 10.4 Å². The van der Waals surface area contributed by atoms with Crippen LogP contribution >= 0.6 is 0 Å². The van der Waals surface area contributed by atoms with E-state index in [1.165, 1.54) is 19.3 Å². The molecule has 0 aliphatic carbocycles. The maximum absolute atomic E-state index is 11.3. The molecule has 1 amide bonds. The molecular formula is C9H18N2O. The molecule has 1 saturated heterocycles. The van der Waals surface area contributed by atoms with Crippen LogP contribution in [0.1, 0.15) is 33.1 Å². The molecule has 1 fully saturated rings. The number of piperidine rings is 1. The van der Waals surface area contributed by atoms with Gasteiger partial charge in [0.15, 0.2) is 0 Å². The van der Waals surface area contributed by atoms with Gasteiger partial charge in [-0.2, -0.15) is 0 Å². The summed E-state index contributed by atoms with van der Waals surface area (Å²) in [5.41, 5.74) is 2.91. The van der Waals surface area contributed by atoms with Gasteiger partial charge in [0.25, 0.3) is 0 Å². The molecule has 12 heavy (non-hydrogen) atoms. The summed E-state index contributed by atoms with van der Waals surface area (Å²) in [7, 11) is 0. The fourth-order valence-electron chi connectivity index (χ4n) is 1.29. The van der Waals surface area contributed by atoms with Crippen LogP contribution in [0.5, 0.6) is 0 Å². The lowest BCUT2D eigenvalue weighted by Gasteiger charge is -2.27. The Bertz CT molecular complexity index is 151. The summed E-state index contributed by atoms with van der Waals surface area (Å²) < 4.78 is 0. The normalized spacial score (nSPS) is 19.6. The Balaban J connectivity index is 2.24. The van der Waals surface area contributed by atoms with E-state index < -0.39 is 0 Å². The summed E-state index contributed by atoms with van der Waals surface area (Å²) in [4.78, 5) is 11.3. The van der Waals surface area contributed by atoms with E-state index in [1.807, 2.05) is 18.9 Å². The van der Waals surface area contributed by atoms with Crippen LogP contribution in [0.4, 0.5) is 0 Å². The number of rotatable bonds is 2. The van der Waals surface area contributed by atoms with E-state index in [9.17, 15) is 4.79 Å². The second-order valence-electron chi connectivity index (χ2n) is 3.68. The Morgan fingerprint density at radius 3 is 2.33 bits per heavy atom. The van der Waals surface area contributed by atoms with E-state index in [0.29, 0.717) is 0 Å². The number of hydrogen-bond donors (Lipinski definition) is 1. The molecule has 0 unspecified atom stereocenters. The first-order chi connectivity index (χ1) is 5.70. The minimum atomic E-state index is 0.0897. The average molecular weight is 170 g/mol. The molecule has 1 rings (SSSR count). The number of nitrogens with zero attached hydrogens (tertiary/aromatic N) is 1. The van der Waals surface area contributed by atoms with Crippen LogP contribution in [0.15, 0.2) is 0 Å². The summed E-state index contributed by atoms with van der Waals surface area (Å²) in [6, 6.07) is 0. The molecule has 0 atom stereocenters. The van der Waals surface area contributed by atoms with E-state index in [4.69, 9.17) is 0 Å². The fraction of sp³-hybridized carbons (Fsp3) is 0.889. The van der Waals surface area contributed by atoms with Crippen molar-refractivity contribution in [2.24, 2.45) is 5.92 Å². The molecule has 3 heteroatoms. The fourth-order valence-corrected chi connectivity index (χ4v) is 1.29. The van der Waals surface area contributed by atoms with Crippen molar-refractivity contribution >= 4 is 5.91 Å². The summed E-state index contributed by atoms with van der Waals surface area (Å²) >= 11 is 0. The molecule has 3 nitrogen and oxygen atoms in total. The largest absolute Gasteiger partial charge is 0.289 e. The predicted octanol–water partition coefficient (Wildman–Crippen LogP) is 1.16. The van der Waals surface area contributed by atoms with E-state index in [1.54, 1.807) is 0 Å². The third-order valence-electron chi connectivity index (χ3n) is 2.15.